The first-order valence-corrected chi connectivity index (χ1v) is 6.36. The fourth-order valence-corrected chi connectivity index (χ4v) is 2.30. The first kappa shape index (κ1) is 11.8. The van der Waals surface area contributed by atoms with Crippen molar-refractivity contribution < 1.29 is 5.11 Å². The van der Waals surface area contributed by atoms with Crippen molar-refractivity contribution in [2.24, 2.45) is 0 Å². The van der Waals surface area contributed by atoms with Gasteiger partial charge in [0.15, 0.2) is 0 Å². The highest BCUT2D eigenvalue weighted by molar-refractivity contribution is 5.83. The molecule has 3 heteroatoms. The van der Waals surface area contributed by atoms with Crippen LogP contribution < -0.4 is 5.32 Å². The number of aromatic nitrogens is 1. The number of benzene rings is 2. The van der Waals surface area contributed by atoms with Crippen LogP contribution in [0.4, 0.5) is 5.69 Å². The number of rotatable bonds is 4. The number of H-pyrrole nitrogens is 1. The molecule has 0 amide bonds. The van der Waals surface area contributed by atoms with E-state index in [1.807, 2.05) is 42.6 Å². The van der Waals surface area contributed by atoms with Gasteiger partial charge < -0.3 is 15.4 Å². The Morgan fingerprint density at radius 3 is 2.63 bits per heavy atom. The fourth-order valence-electron chi connectivity index (χ4n) is 2.30. The molecular weight excluding hydrogens is 236 g/mol. The molecule has 0 saturated carbocycles. The van der Waals surface area contributed by atoms with Gasteiger partial charge in [0.25, 0.3) is 0 Å². The SMILES string of the molecule is OCc1ccccc1NCc1c[nH]c2ccccc12. The zero-order chi connectivity index (χ0) is 13.1. The number of aromatic amines is 1. The van der Waals surface area contributed by atoms with Crippen molar-refractivity contribution in [3.63, 3.8) is 0 Å². The van der Waals surface area contributed by atoms with Gasteiger partial charge in [0.1, 0.15) is 0 Å². The minimum absolute atomic E-state index is 0.0526. The van der Waals surface area contributed by atoms with E-state index < -0.39 is 0 Å². The van der Waals surface area contributed by atoms with E-state index in [-0.39, 0.29) is 6.61 Å². The Labute approximate surface area is 111 Å². The summed E-state index contributed by atoms with van der Waals surface area (Å²) in [5, 5.41) is 13.9. The number of aliphatic hydroxyl groups excluding tert-OH is 1. The molecule has 0 saturated heterocycles. The highest BCUT2D eigenvalue weighted by Crippen LogP contribution is 2.20. The van der Waals surface area contributed by atoms with E-state index in [0.29, 0.717) is 0 Å². The lowest BCUT2D eigenvalue weighted by atomic mass is 10.1. The molecule has 96 valence electrons. The summed E-state index contributed by atoms with van der Waals surface area (Å²) in [6.07, 6.45) is 2.03. The van der Waals surface area contributed by atoms with Gasteiger partial charge in [-0.15, -0.1) is 0 Å². The second kappa shape index (κ2) is 5.16. The van der Waals surface area contributed by atoms with Gasteiger partial charge in [-0.1, -0.05) is 36.4 Å². The van der Waals surface area contributed by atoms with Crippen LogP contribution in [0.15, 0.2) is 54.7 Å². The lowest BCUT2D eigenvalue weighted by molar-refractivity contribution is 0.282. The maximum absolute atomic E-state index is 9.30. The molecule has 0 unspecified atom stereocenters. The molecule has 0 aliphatic carbocycles. The summed E-state index contributed by atoms with van der Waals surface area (Å²) in [6, 6.07) is 16.1. The van der Waals surface area contributed by atoms with Crippen LogP contribution in [-0.4, -0.2) is 10.1 Å². The van der Waals surface area contributed by atoms with Crippen LogP contribution in [0.5, 0.6) is 0 Å². The van der Waals surface area contributed by atoms with Crippen LogP contribution in [0.3, 0.4) is 0 Å². The van der Waals surface area contributed by atoms with Crippen molar-refractivity contribution >= 4 is 16.6 Å². The Kier molecular flexibility index (Phi) is 3.21. The van der Waals surface area contributed by atoms with E-state index in [2.05, 4.69) is 22.4 Å². The van der Waals surface area contributed by atoms with Crippen molar-refractivity contribution in [3.8, 4) is 0 Å². The van der Waals surface area contributed by atoms with Crippen LogP contribution in [-0.2, 0) is 13.2 Å². The zero-order valence-corrected chi connectivity index (χ0v) is 10.6. The Balaban J connectivity index is 1.82. The molecule has 0 atom stereocenters. The molecule has 0 radical (unpaired) electrons. The summed E-state index contributed by atoms with van der Waals surface area (Å²) < 4.78 is 0. The normalized spacial score (nSPS) is 10.8. The lowest BCUT2D eigenvalue weighted by Gasteiger charge is -2.09. The summed E-state index contributed by atoms with van der Waals surface area (Å²) in [5.41, 5.74) is 4.27. The van der Waals surface area contributed by atoms with E-state index in [1.54, 1.807) is 0 Å². The van der Waals surface area contributed by atoms with Crippen LogP contribution in [0, 0.1) is 0 Å². The molecule has 19 heavy (non-hydrogen) atoms. The fraction of sp³-hybridized carbons (Fsp3) is 0.125. The third kappa shape index (κ3) is 2.33. The largest absolute Gasteiger partial charge is 0.392 e. The Morgan fingerprint density at radius 1 is 0.947 bits per heavy atom. The zero-order valence-electron chi connectivity index (χ0n) is 10.6. The summed E-state index contributed by atoms with van der Waals surface area (Å²) in [4.78, 5) is 3.26. The first-order valence-electron chi connectivity index (χ1n) is 6.36. The highest BCUT2D eigenvalue weighted by atomic mass is 16.3. The van der Waals surface area contributed by atoms with Gasteiger partial charge in [0, 0.05) is 34.9 Å². The monoisotopic (exact) mass is 252 g/mol. The van der Waals surface area contributed by atoms with E-state index in [1.165, 1.54) is 10.9 Å². The Morgan fingerprint density at radius 2 is 1.74 bits per heavy atom. The van der Waals surface area contributed by atoms with Crippen LogP contribution >= 0.6 is 0 Å². The van der Waals surface area contributed by atoms with Gasteiger partial charge >= 0.3 is 0 Å². The summed E-state index contributed by atoms with van der Waals surface area (Å²) in [7, 11) is 0. The number of nitrogens with one attached hydrogen (secondary N) is 2. The number of para-hydroxylation sites is 2. The van der Waals surface area contributed by atoms with Crippen molar-refractivity contribution in [2.45, 2.75) is 13.2 Å². The van der Waals surface area contributed by atoms with E-state index in [9.17, 15) is 5.11 Å². The Hall–Kier alpha value is -2.26. The quantitative estimate of drug-likeness (QED) is 0.667. The second-order valence-electron chi connectivity index (χ2n) is 4.53. The maximum Gasteiger partial charge on any atom is 0.0701 e. The van der Waals surface area contributed by atoms with E-state index >= 15 is 0 Å². The van der Waals surface area contributed by atoms with Crippen molar-refractivity contribution in [3.05, 3.63) is 65.9 Å². The molecular formula is C16H16N2O. The summed E-state index contributed by atoms with van der Waals surface area (Å²) in [6.45, 7) is 0.790. The molecule has 3 N–H and O–H groups in total. The molecule has 0 fully saturated rings. The minimum atomic E-state index is 0.0526. The van der Waals surface area contributed by atoms with Gasteiger partial charge in [-0.25, -0.2) is 0 Å². The standard InChI is InChI=1S/C16H16N2O/c19-11-12-5-1-3-7-15(12)17-9-13-10-18-16-8-4-2-6-14(13)16/h1-8,10,17-19H,9,11H2. The van der Waals surface area contributed by atoms with Crippen LogP contribution in [0.2, 0.25) is 0 Å². The highest BCUT2D eigenvalue weighted by Gasteiger charge is 2.04. The summed E-state index contributed by atoms with van der Waals surface area (Å²) >= 11 is 0. The Bertz CT molecular complexity index is 688. The summed E-state index contributed by atoms with van der Waals surface area (Å²) in [5.74, 6) is 0. The van der Waals surface area contributed by atoms with Crippen molar-refractivity contribution in [1.82, 2.24) is 4.98 Å². The molecule has 1 aromatic heterocycles. The van der Waals surface area contributed by atoms with Crippen LogP contribution in [0.25, 0.3) is 10.9 Å². The number of aliphatic hydroxyl groups is 1. The number of hydrogen-bond donors (Lipinski definition) is 3. The predicted octanol–water partition coefficient (Wildman–Crippen LogP) is 3.27. The third-order valence-electron chi connectivity index (χ3n) is 3.33. The molecule has 3 rings (SSSR count). The lowest BCUT2D eigenvalue weighted by Crippen LogP contribution is -2.01. The van der Waals surface area contributed by atoms with Gasteiger partial charge in [-0.05, 0) is 17.7 Å². The van der Waals surface area contributed by atoms with Gasteiger partial charge in [0.2, 0.25) is 0 Å². The molecule has 0 spiro atoms. The van der Waals surface area contributed by atoms with Crippen LogP contribution in [0.1, 0.15) is 11.1 Å². The first-order chi connectivity index (χ1) is 9.38. The maximum atomic E-state index is 9.30. The molecule has 2 aromatic carbocycles. The predicted molar refractivity (Wildman–Crippen MR) is 78.0 cm³/mol. The average molecular weight is 252 g/mol. The van der Waals surface area contributed by atoms with Crippen molar-refractivity contribution in [2.75, 3.05) is 5.32 Å². The van der Waals surface area contributed by atoms with E-state index in [0.717, 1.165) is 23.3 Å². The average Bonchev–Trinajstić information content (AvgIpc) is 2.89. The van der Waals surface area contributed by atoms with Gasteiger partial charge in [-0.2, -0.15) is 0 Å². The topological polar surface area (TPSA) is 48.0 Å². The second-order valence-corrected chi connectivity index (χ2v) is 4.53. The van der Waals surface area contributed by atoms with Crippen molar-refractivity contribution in [1.29, 1.82) is 0 Å². The number of anilines is 1. The molecule has 3 nitrogen and oxygen atoms in total. The third-order valence-corrected chi connectivity index (χ3v) is 3.33. The molecule has 0 aliphatic heterocycles. The molecule has 0 bridgehead atoms. The van der Waals surface area contributed by atoms with Gasteiger partial charge in [-0.3, -0.25) is 0 Å². The molecule has 3 aromatic rings. The van der Waals surface area contributed by atoms with Gasteiger partial charge in [0.05, 0.1) is 6.61 Å². The smallest absolute Gasteiger partial charge is 0.0701 e. The number of hydrogen-bond acceptors (Lipinski definition) is 2. The molecule has 1 heterocycles. The minimum Gasteiger partial charge on any atom is -0.392 e. The van der Waals surface area contributed by atoms with E-state index in [4.69, 9.17) is 0 Å². The number of fused-ring (bicyclic) bond motifs is 1. The molecule has 0 aliphatic rings.